The van der Waals surface area contributed by atoms with Crippen molar-refractivity contribution in [3.8, 4) is 0 Å². The third kappa shape index (κ3) is 4.14. The lowest BCUT2D eigenvalue weighted by Crippen LogP contribution is -2.50. The highest BCUT2D eigenvalue weighted by atomic mass is 35.5. The first-order chi connectivity index (χ1) is 15.7. The van der Waals surface area contributed by atoms with Crippen molar-refractivity contribution < 1.29 is 18.3 Å². The zero-order chi connectivity index (χ0) is 23.9. The van der Waals surface area contributed by atoms with E-state index in [1.807, 2.05) is 6.92 Å². The highest BCUT2D eigenvalue weighted by molar-refractivity contribution is 7.88. The van der Waals surface area contributed by atoms with Gasteiger partial charge in [-0.2, -0.15) is 4.31 Å². The number of carbonyl (C=O) groups is 1. The van der Waals surface area contributed by atoms with E-state index in [4.69, 9.17) is 11.6 Å². The Hall–Kier alpha value is -2.46. The monoisotopic (exact) mass is 491 g/mol. The van der Waals surface area contributed by atoms with Crippen LogP contribution in [0.1, 0.15) is 29.8 Å². The first-order valence-electron chi connectivity index (χ1n) is 10.7. The highest BCUT2D eigenvalue weighted by Crippen LogP contribution is 2.50. The minimum atomic E-state index is -3.85. The topological polar surface area (TPSA) is 109 Å². The third-order valence-corrected chi connectivity index (χ3v) is 8.05. The molecule has 1 aromatic heterocycles. The SMILES string of the molecule is C/C=C/c1ccc2n(c1=O)C[C@H]1[C@H](CO)[C@@H](C(=O)NCc3ccccc3Cl)N(S(C)(=O)=O)[C@@H]21. The van der Waals surface area contributed by atoms with E-state index in [9.17, 15) is 23.1 Å². The van der Waals surface area contributed by atoms with Crippen molar-refractivity contribution in [2.24, 2.45) is 11.8 Å². The molecule has 10 heteroatoms. The number of carbonyl (C=O) groups excluding carboxylic acids is 1. The molecule has 176 valence electrons. The molecule has 8 nitrogen and oxygen atoms in total. The lowest BCUT2D eigenvalue weighted by Gasteiger charge is -2.28. The standard InChI is InChI=1S/C23H26ClN3O5S/c1-3-6-14-9-10-19-20-16(12-26(19)23(14)30)17(13-28)21(27(20)33(2,31)32)22(29)25-11-15-7-4-5-8-18(15)24/h3-10,16-17,20-21,28H,11-13H2,1-2H3,(H,25,29)/b6-3+/t16-,17-,20+,21-/m0/s1. The fraction of sp³-hybridized carbons (Fsp3) is 0.391. The lowest BCUT2D eigenvalue weighted by molar-refractivity contribution is -0.126. The van der Waals surface area contributed by atoms with E-state index < -0.39 is 39.8 Å². The first-order valence-corrected chi connectivity index (χ1v) is 12.9. The normalized spacial score (nSPS) is 24.7. The van der Waals surface area contributed by atoms with E-state index in [0.29, 0.717) is 21.8 Å². The molecule has 0 unspecified atom stereocenters. The smallest absolute Gasteiger partial charge is 0.258 e. The number of sulfonamides is 1. The second-order valence-electron chi connectivity index (χ2n) is 8.43. The van der Waals surface area contributed by atoms with Gasteiger partial charge >= 0.3 is 0 Å². The molecule has 0 radical (unpaired) electrons. The summed E-state index contributed by atoms with van der Waals surface area (Å²) in [5, 5.41) is 13.5. The van der Waals surface area contributed by atoms with Gasteiger partial charge in [-0.15, -0.1) is 0 Å². The summed E-state index contributed by atoms with van der Waals surface area (Å²) < 4.78 is 28.5. The predicted octanol–water partition coefficient (Wildman–Crippen LogP) is 1.77. The summed E-state index contributed by atoms with van der Waals surface area (Å²) in [5.74, 6) is -1.58. The van der Waals surface area contributed by atoms with E-state index >= 15 is 0 Å². The number of rotatable bonds is 6. The molecule has 2 aliphatic heterocycles. The van der Waals surface area contributed by atoms with E-state index in [1.165, 1.54) is 0 Å². The minimum absolute atomic E-state index is 0.128. The summed E-state index contributed by atoms with van der Waals surface area (Å²) in [6, 6.07) is 8.65. The number of pyridine rings is 1. The number of hydrogen-bond acceptors (Lipinski definition) is 5. The Morgan fingerprint density at radius 2 is 2.00 bits per heavy atom. The Bertz CT molecular complexity index is 1270. The second kappa shape index (κ2) is 9.06. The van der Waals surface area contributed by atoms with Crippen molar-refractivity contribution in [1.82, 2.24) is 14.2 Å². The molecule has 0 bridgehead atoms. The molecule has 1 fully saturated rings. The summed E-state index contributed by atoms with van der Waals surface area (Å²) in [4.78, 5) is 26.2. The number of amides is 1. The molecule has 2 aromatic rings. The molecule has 4 atom stereocenters. The van der Waals surface area contributed by atoms with Crippen LogP contribution < -0.4 is 10.9 Å². The van der Waals surface area contributed by atoms with Gasteiger partial charge in [0.2, 0.25) is 15.9 Å². The van der Waals surface area contributed by atoms with Crippen molar-refractivity contribution in [3.63, 3.8) is 0 Å². The Labute approximate surface area is 197 Å². The van der Waals surface area contributed by atoms with Crippen LogP contribution in [0.4, 0.5) is 0 Å². The molecule has 2 aliphatic rings. The van der Waals surface area contributed by atoms with E-state index in [1.54, 1.807) is 53.1 Å². The Kier molecular flexibility index (Phi) is 6.50. The lowest BCUT2D eigenvalue weighted by atomic mass is 9.88. The second-order valence-corrected chi connectivity index (χ2v) is 10.7. The van der Waals surface area contributed by atoms with Gasteiger partial charge < -0.3 is 15.0 Å². The van der Waals surface area contributed by atoms with Crippen molar-refractivity contribution in [1.29, 1.82) is 0 Å². The van der Waals surface area contributed by atoms with Crippen molar-refractivity contribution in [3.05, 3.63) is 74.7 Å². The molecule has 33 heavy (non-hydrogen) atoms. The number of benzene rings is 1. The third-order valence-electron chi connectivity index (χ3n) is 6.46. The Balaban J connectivity index is 1.71. The summed E-state index contributed by atoms with van der Waals surface area (Å²) in [6.07, 6.45) is 4.51. The van der Waals surface area contributed by atoms with Crippen LogP contribution in [0.5, 0.6) is 0 Å². The van der Waals surface area contributed by atoms with Gasteiger partial charge in [-0.25, -0.2) is 8.42 Å². The zero-order valence-electron chi connectivity index (χ0n) is 18.3. The van der Waals surface area contributed by atoms with E-state index in [2.05, 4.69) is 5.32 Å². The average Bonchev–Trinajstić information content (AvgIpc) is 3.29. The Morgan fingerprint density at radius 3 is 2.64 bits per heavy atom. The van der Waals surface area contributed by atoms with Crippen LogP contribution in [0.25, 0.3) is 6.08 Å². The number of fused-ring (bicyclic) bond motifs is 3. The molecule has 0 spiro atoms. The van der Waals surface area contributed by atoms with Gasteiger partial charge in [-0.05, 0) is 30.7 Å². The maximum absolute atomic E-state index is 13.3. The Morgan fingerprint density at radius 1 is 1.27 bits per heavy atom. The van der Waals surface area contributed by atoms with Crippen molar-refractivity contribution in [2.45, 2.75) is 32.1 Å². The van der Waals surface area contributed by atoms with Crippen LogP contribution >= 0.6 is 11.6 Å². The summed E-state index contributed by atoms with van der Waals surface area (Å²) in [6.45, 7) is 1.78. The van der Waals surface area contributed by atoms with Gasteiger partial charge in [0.25, 0.3) is 5.56 Å². The predicted molar refractivity (Wildman–Crippen MR) is 126 cm³/mol. The molecule has 4 rings (SSSR count). The van der Waals surface area contributed by atoms with Gasteiger partial charge in [-0.3, -0.25) is 9.59 Å². The highest BCUT2D eigenvalue weighted by Gasteiger charge is 2.58. The van der Waals surface area contributed by atoms with Crippen molar-refractivity contribution >= 4 is 33.6 Å². The van der Waals surface area contributed by atoms with Crippen LogP contribution in [0.2, 0.25) is 5.02 Å². The average molecular weight is 492 g/mol. The fourth-order valence-electron chi connectivity index (χ4n) is 5.06. The quantitative estimate of drug-likeness (QED) is 0.640. The van der Waals surface area contributed by atoms with Crippen molar-refractivity contribution in [2.75, 3.05) is 12.9 Å². The van der Waals surface area contributed by atoms with Gasteiger partial charge in [0.15, 0.2) is 0 Å². The number of nitrogens with one attached hydrogen (secondary N) is 1. The number of aliphatic hydroxyl groups excluding tert-OH is 1. The maximum Gasteiger partial charge on any atom is 0.258 e. The van der Waals surface area contributed by atoms with Crippen LogP contribution in [-0.2, 0) is 27.9 Å². The molecule has 3 heterocycles. The fourth-order valence-corrected chi connectivity index (χ4v) is 6.61. The largest absolute Gasteiger partial charge is 0.396 e. The number of allylic oxidation sites excluding steroid dienone is 1. The van der Waals surface area contributed by atoms with E-state index in [0.717, 1.165) is 10.6 Å². The molecule has 2 N–H and O–H groups in total. The van der Waals surface area contributed by atoms with Gasteiger partial charge in [-0.1, -0.05) is 42.0 Å². The number of nitrogens with zero attached hydrogens (tertiary/aromatic N) is 2. The van der Waals surface area contributed by atoms with Gasteiger partial charge in [0.05, 0.1) is 12.3 Å². The van der Waals surface area contributed by atoms with E-state index in [-0.39, 0.29) is 25.3 Å². The summed E-state index contributed by atoms with van der Waals surface area (Å²) in [7, 11) is -3.85. The van der Waals surface area contributed by atoms with Crippen LogP contribution in [0.15, 0.2) is 47.3 Å². The maximum atomic E-state index is 13.3. The molecule has 1 aromatic carbocycles. The summed E-state index contributed by atoms with van der Waals surface area (Å²) >= 11 is 6.17. The molecule has 0 aliphatic carbocycles. The molecule has 0 saturated carbocycles. The van der Waals surface area contributed by atoms with Gasteiger partial charge in [0, 0.05) is 47.8 Å². The molecular formula is C23H26ClN3O5S. The number of hydrogen-bond donors (Lipinski definition) is 2. The minimum Gasteiger partial charge on any atom is -0.396 e. The van der Waals surface area contributed by atoms with Crippen LogP contribution in [0, 0.1) is 11.8 Å². The molecule has 1 saturated heterocycles. The van der Waals surface area contributed by atoms with Crippen LogP contribution in [-0.4, -0.2) is 47.2 Å². The van der Waals surface area contributed by atoms with Crippen LogP contribution in [0.3, 0.4) is 0 Å². The molecule has 1 amide bonds. The number of halogens is 1. The summed E-state index contributed by atoms with van der Waals surface area (Å²) in [5.41, 5.74) is 1.51. The molecular weight excluding hydrogens is 466 g/mol. The number of aromatic nitrogens is 1. The zero-order valence-corrected chi connectivity index (χ0v) is 19.9. The number of aliphatic hydroxyl groups is 1. The van der Waals surface area contributed by atoms with Gasteiger partial charge in [0.1, 0.15) is 6.04 Å². The first kappa shape index (κ1) is 23.7.